The molecule has 4 rings (SSSR count). The van der Waals surface area contributed by atoms with Crippen LogP contribution in [0.3, 0.4) is 0 Å². The minimum absolute atomic E-state index is 0.0238. The van der Waals surface area contributed by atoms with Gasteiger partial charge in [-0.15, -0.1) is 0 Å². The maximum atomic E-state index is 12.4. The largest absolute Gasteiger partial charge is 0.358 e. The Hall–Kier alpha value is -2.46. The number of amides is 2. The number of carbonyl (C=O) groups excluding carboxylic acids is 1. The SMILES string of the molecule is O=C(NCc1ccccc1)N1CCC(c2cc3cc(Cl)ccc3[nH]2)CC1. The summed E-state index contributed by atoms with van der Waals surface area (Å²) < 4.78 is 0. The number of fused-ring (bicyclic) bond motifs is 1. The van der Waals surface area contributed by atoms with Gasteiger partial charge in [-0.3, -0.25) is 0 Å². The molecule has 134 valence electrons. The lowest BCUT2D eigenvalue weighted by Crippen LogP contribution is -2.43. The molecular weight excluding hydrogens is 346 g/mol. The number of rotatable bonds is 3. The van der Waals surface area contributed by atoms with Crippen LogP contribution in [0.1, 0.15) is 30.0 Å². The number of nitrogens with one attached hydrogen (secondary N) is 2. The molecule has 0 spiro atoms. The number of hydrogen-bond donors (Lipinski definition) is 2. The minimum Gasteiger partial charge on any atom is -0.358 e. The summed E-state index contributed by atoms with van der Waals surface area (Å²) in [7, 11) is 0. The number of nitrogens with zero attached hydrogens (tertiary/aromatic N) is 1. The summed E-state index contributed by atoms with van der Waals surface area (Å²) >= 11 is 6.08. The van der Waals surface area contributed by atoms with Crippen LogP contribution in [-0.4, -0.2) is 29.0 Å². The molecule has 2 heterocycles. The van der Waals surface area contributed by atoms with Crippen LogP contribution in [-0.2, 0) is 6.54 Å². The summed E-state index contributed by atoms with van der Waals surface area (Å²) in [6.07, 6.45) is 1.94. The molecule has 1 saturated heterocycles. The fraction of sp³-hybridized carbons (Fsp3) is 0.286. The van der Waals surface area contributed by atoms with Crippen molar-refractivity contribution in [2.75, 3.05) is 13.1 Å². The van der Waals surface area contributed by atoms with Crippen LogP contribution in [0.25, 0.3) is 10.9 Å². The lowest BCUT2D eigenvalue weighted by molar-refractivity contribution is 0.180. The second kappa shape index (κ2) is 7.42. The Morgan fingerprint density at radius 2 is 1.88 bits per heavy atom. The molecule has 0 saturated carbocycles. The molecule has 0 unspecified atom stereocenters. The van der Waals surface area contributed by atoms with Crippen LogP contribution in [0.2, 0.25) is 5.02 Å². The van der Waals surface area contributed by atoms with Gasteiger partial charge >= 0.3 is 6.03 Å². The predicted octanol–water partition coefficient (Wildman–Crippen LogP) is 4.91. The third-order valence-corrected chi connectivity index (χ3v) is 5.35. The van der Waals surface area contributed by atoms with E-state index in [9.17, 15) is 4.79 Å². The van der Waals surface area contributed by atoms with Crippen molar-refractivity contribution in [3.63, 3.8) is 0 Å². The molecule has 1 fully saturated rings. The molecule has 0 atom stereocenters. The van der Waals surface area contributed by atoms with E-state index in [1.54, 1.807) is 0 Å². The van der Waals surface area contributed by atoms with Gasteiger partial charge in [-0.2, -0.15) is 0 Å². The highest BCUT2D eigenvalue weighted by Gasteiger charge is 2.24. The lowest BCUT2D eigenvalue weighted by Gasteiger charge is -2.31. The quantitative estimate of drug-likeness (QED) is 0.678. The normalized spacial score (nSPS) is 15.3. The molecule has 0 bridgehead atoms. The van der Waals surface area contributed by atoms with Gasteiger partial charge in [-0.25, -0.2) is 4.79 Å². The number of piperidine rings is 1. The third-order valence-electron chi connectivity index (χ3n) is 5.11. The van der Waals surface area contributed by atoms with Gasteiger partial charge in [0.1, 0.15) is 0 Å². The maximum Gasteiger partial charge on any atom is 0.317 e. The number of carbonyl (C=O) groups is 1. The topological polar surface area (TPSA) is 48.1 Å². The molecule has 1 aliphatic heterocycles. The van der Waals surface area contributed by atoms with E-state index in [2.05, 4.69) is 16.4 Å². The Morgan fingerprint density at radius 1 is 1.12 bits per heavy atom. The summed E-state index contributed by atoms with van der Waals surface area (Å²) in [5.41, 5.74) is 3.48. The first-order valence-electron chi connectivity index (χ1n) is 9.04. The molecule has 5 heteroatoms. The van der Waals surface area contributed by atoms with Gasteiger partial charge < -0.3 is 15.2 Å². The van der Waals surface area contributed by atoms with Gasteiger partial charge in [-0.05, 0) is 42.7 Å². The number of halogens is 1. The monoisotopic (exact) mass is 367 g/mol. The van der Waals surface area contributed by atoms with Gasteiger partial charge in [0.15, 0.2) is 0 Å². The van der Waals surface area contributed by atoms with E-state index in [4.69, 9.17) is 11.6 Å². The number of benzene rings is 2. The van der Waals surface area contributed by atoms with Gasteiger partial charge in [0.2, 0.25) is 0 Å². The summed E-state index contributed by atoms with van der Waals surface area (Å²) in [6, 6.07) is 18.1. The van der Waals surface area contributed by atoms with Crippen molar-refractivity contribution in [3.8, 4) is 0 Å². The van der Waals surface area contributed by atoms with Crippen molar-refractivity contribution >= 4 is 28.5 Å². The summed E-state index contributed by atoms with van der Waals surface area (Å²) in [5, 5.41) is 4.92. The van der Waals surface area contributed by atoms with Crippen LogP contribution < -0.4 is 5.32 Å². The Kier molecular flexibility index (Phi) is 4.85. The number of H-pyrrole nitrogens is 1. The summed E-state index contributed by atoms with van der Waals surface area (Å²) in [4.78, 5) is 17.8. The van der Waals surface area contributed by atoms with E-state index < -0.39 is 0 Å². The van der Waals surface area contributed by atoms with E-state index in [-0.39, 0.29) is 6.03 Å². The van der Waals surface area contributed by atoms with Gasteiger partial charge in [0.05, 0.1) is 0 Å². The zero-order chi connectivity index (χ0) is 17.9. The number of hydrogen-bond acceptors (Lipinski definition) is 1. The molecule has 2 aromatic carbocycles. The Balaban J connectivity index is 1.33. The highest BCUT2D eigenvalue weighted by atomic mass is 35.5. The highest BCUT2D eigenvalue weighted by molar-refractivity contribution is 6.31. The van der Waals surface area contributed by atoms with E-state index in [1.807, 2.05) is 53.4 Å². The number of likely N-dealkylation sites (tertiary alicyclic amines) is 1. The third kappa shape index (κ3) is 3.70. The van der Waals surface area contributed by atoms with Crippen molar-refractivity contribution in [1.29, 1.82) is 0 Å². The minimum atomic E-state index is 0.0238. The van der Waals surface area contributed by atoms with Gasteiger partial charge in [0.25, 0.3) is 0 Å². The number of aromatic nitrogens is 1. The molecule has 1 aromatic heterocycles. The average molecular weight is 368 g/mol. The van der Waals surface area contributed by atoms with Crippen molar-refractivity contribution in [1.82, 2.24) is 15.2 Å². The molecule has 3 aromatic rings. The Bertz CT molecular complexity index is 898. The second-order valence-electron chi connectivity index (χ2n) is 6.86. The second-order valence-corrected chi connectivity index (χ2v) is 7.30. The lowest BCUT2D eigenvalue weighted by atomic mass is 9.94. The van der Waals surface area contributed by atoms with Crippen molar-refractivity contribution < 1.29 is 4.79 Å². The van der Waals surface area contributed by atoms with Crippen LogP contribution >= 0.6 is 11.6 Å². The molecule has 2 N–H and O–H groups in total. The fourth-order valence-corrected chi connectivity index (χ4v) is 3.81. The molecule has 4 nitrogen and oxygen atoms in total. The van der Waals surface area contributed by atoms with Crippen LogP contribution in [0.4, 0.5) is 4.79 Å². The van der Waals surface area contributed by atoms with Crippen molar-refractivity contribution in [2.24, 2.45) is 0 Å². The summed E-state index contributed by atoms with van der Waals surface area (Å²) in [6.45, 7) is 2.13. The maximum absolute atomic E-state index is 12.4. The van der Waals surface area contributed by atoms with E-state index in [1.165, 1.54) is 5.69 Å². The Labute approximate surface area is 158 Å². The summed E-state index contributed by atoms with van der Waals surface area (Å²) in [5.74, 6) is 0.458. The molecule has 0 radical (unpaired) electrons. The van der Waals surface area contributed by atoms with Crippen molar-refractivity contribution in [3.05, 3.63) is 70.9 Å². The van der Waals surface area contributed by atoms with Crippen LogP contribution in [0, 0.1) is 0 Å². The standard InChI is InChI=1S/C21H22ClN3O/c22-18-6-7-19-17(12-18)13-20(24-19)16-8-10-25(11-9-16)21(26)23-14-15-4-2-1-3-5-15/h1-7,12-13,16,24H,8-11,14H2,(H,23,26). The first-order valence-corrected chi connectivity index (χ1v) is 9.42. The first kappa shape index (κ1) is 17.0. The predicted molar refractivity (Wildman–Crippen MR) is 106 cm³/mol. The van der Waals surface area contributed by atoms with Crippen LogP contribution in [0.15, 0.2) is 54.6 Å². The van der Waals surface area contributed by atoms with Gasteiger partial charge in [0, 0.05) is 47.2 Å². The fourth-order valence-electron chi connectivity index (χ4n) is 3.62. The number of aromatic amines is 1. The average Bonchev–Trinajstić information content (AvgIpc) is 3.10. The molecule has 26 heavy (non-hydrogen) atoms. The molecular formula is C21H22ClN3O. The Morgan fingerprint density at radius 3 is 2.65 bits per heavy atom. The van der Waals surface area contributed by atoms with Crippen molar-refractivity contribution in [2.45, 2.75) is 25.3 Å². The smallest absolute Gasteiger partial charge is 0.317 e. The van der Waals surface area contributed by atoms with E-state index in [0.29, 0.717) is 12.5 Å². The molecule has 1 aliphatic rings. The van der Waals surface area contributed by atoms with E-state index in [0.717, 1.165) is 47.4 Å². The van der Waals surface area contributed by atoms with Gasteiger partial charge in [-0.1, -0.05) is 41.9 Å². The van der Waals surface area contributed by atoms with Crippen LogP contribution in [0.5, 0.6) is 0 Å². The zero-order valence-corrected chi connectivity index (χ0v) is 15.3. The highest BCUT2D eigenvalue weighted by Crippen LogP contribution is 2.30. The molecule has 0 aliphatic carbocycles. The zero-order valence-electron chi connectivity index (χ0n) is 14.5. The number of urea groups is 1. The first-order chi connectivity index (χ1) is 12.7. The van der Waals surface area contributed by atoms with E-state index >= 15 is 0 Å². The molecule has 2 amide bonds.